The smallest absolute Gasteiger partial charge is 0.174 e. The maximum atomic E-state index is 8.57. The highest BCUT2D eigenvalue weighted by Gasteiger charge is 2.32. The van der Waals surface area contributed by atoms with E-state index in [9.17, 15) is 0 Å². The van der Waals surface area contributed by atoms with Crippen LogP contribution in [0.1, 0.15) is 19.4 Å². The molecule has 1 aromatic carbocycles. The van der Waals surface area contributed by atoms with Crippen molar-refractivity contribution in [2.45, 2.75) is 32.3 Å². The van der Waals surface area contributed by atoms with Gasteiger partial charge in [0, 0.05) is 18.7 Å². The molecule has 1 heterocycles. The number of hydrogen-bond acceptors (Lipinski definition) is 5. The quantitative estimate of drug-likeness (QED) is 0.858. The highest BCUT2D eigenvalue weighted by Crippen LogP contribution is 2.22. The van der Waals surface area contributed by atoms with E-state index in [0.717, 1.165) is 17.9 Å². The van der Waals surface area contributed by atoms with Gasteiger partial charge in [-0.15, -0.1) is 0 Å². The predicted molar refractivity (Wildman–Crippen MR) is 74.2 cm³/mol. The standard InChI is InChI=1S/C15H20N2O3/c1-15(2)19-11-13(20-15)10-17-9-12-5-3-4-6-14(12)18-8-7-16/h3-6,13,17H,8-11H2,1-2H3. The predicted octanol–water partition coefficient (Wildman–Crippen LogP) is 1.83. The lowest BCUT2D eigenvalue weighted by Gasteiger charge is -2.17. The second-order valence-corrected chi connectivity index (χ2v) is 5.14. The molecule has 0 amide bonds. The van der Waals surface area contributed by atoms with E-state index in [1.165, 1.54) is 0 Å². The number of ether oxygens (including phenoxy) is 3. The van der Waals surface area contributed by atoms with Gasteiger partial charge in [0.25, 0.3) is 0 Å². The molecule has 20 heavy (non-hydrogen) atoms. The van der Waals surface area contributed by atoms with Crippen molar-refractivity contribution in [3.05, 3.63) is 29.8 Å². The third kappa shape index (κ3) is 4.20. The van der Waals surface area contributed by atoms with Gasteiger partial charge in [0.2, 0.25) is 0 Å². The Bertz CT molecular complexity index is 482. The Morgan fingerprint density at radius 1 is 1.45 bits per heavy atom. The van der Waals surface area contributed by atoms with Gasteiger partial charge in [-0.3, -0.25) is 0 Å². The van der Waals surface area contributed by atoms with Crippen LogP contribution in [0, 0.1) is 11.3 Å². The Hall–Kier alpha value is -1.61. The third-order valence-corrected chi connectivity index (χ3v) is 3.02. The molecule has 1 fully saturated rings. The van der Waals surface area contributed by atoms with Crippen LogP contribution in [0.25, 0.3) is 0 Å². The summed E-state index contributed by atoms with van der Waals surface area (Å²) < 4.78 is 16.6. The van der Waals surface area contributed by atoms with Gasteiger partial charge in [-0.25, -0.2) is 0 Å². The molecular weight excluding hydrogens is 256 g/mol. The van der Waals surface area contributed by atoms with Crippen LogP contribution < -0.4 is 10.1 Å². The second kappa shape index (κ2) is 6.71. The first kappa shape index (κ1) is 14.8. The van der Waals surface area contributed by atoms with Crippen LogP contribution in [0.5, 0.6) is 5.75 Å². The molecule has 0 radical (unpaired) electrons. The molecule has 1 aromatic rings. The van der Waals surface area contributed by atoms with E-state index >= 15 is 0 Å². The first-order valence-electron chi connectivity index (χ1n) is 6.71. The Labute approximate surface area is 119 Å². The fourth-order valence-electron chi connectivity index (χ4n) is 2.13. The van der Waals surface area contributed by atoms with Crippen molar-refractivity contribution in [2.24, 2.45) is 0 Å². The summed E-state index contributed by atoms with van der Waals surface area (Å²) in [6.45, 7) is 5.88. The van der Waals surface area contributed by atoms with Crippen molar-refractivity contribution >= 4 is 0 Å². The second-order valence-electron chi connectivity index (χ2n) is 5.14. The molecule has 0 spiro atoms. The molecule has 0 saturated carbocycles. The summed E-state index contributed by atoms with van der Waals surface area (Å²) in [7, 11) is 0. The van der Waals surface area contributed by atoms with Crippen LogP contribution >= 0.6 is 0 Å². The highest BCUT2D eigenvalue weighted by atomic mass is 16.7. The molecule has 1 aliphatic rings. The van der Waals surface area contributed by atoms with Crippen molar-refractivity contribution in [1.82, 2.24) is 5.32 Å². The van der Waals surface area contributed by atoms with Gasteiger partial charge in [-0.05, 0) is 19.9 Å². The lowest BCUT2D eigenvalue weighted by atomic mass is 10.2. The number of benzene rings is 1. The van der Waals surface area contributed by atoms with E-state index in [0.29, 0.717) is 13.2 Å². The van der Waals surface area contributed by atoms with Gasteiger partial charge >= 0.3 is 0 Å². The molecule has 1 unspecified atom stereocenters. The maximum Gasteiger partial charge on any atom is 0.174 e. The van der Waals surface area contributed by atoms with Crippen LogP contribution in [-0.4, -0.2) is 31.6 Å². The van der Waals surface area contributed by atoms with E-state index in [1.54, 1.807) is 0 Å². The number of hydrogen-bond donors (Lipinski definition) is 1. The average molecular weight is 276 g/mol. The zero-order valence-electron chi connectivity index (χ0n) is 11.9. The van der Waals surface area contributed by atoms with Crippen molar-refractivity contribution in [2.75, 3.05) is 19.8 Å². The summed E-state index contributed by atoms with van der Waals surface area (Å²) in [5, 5.41) is 11.9. The first-order valence-corrected chi connectivity index (χ1v) is 6.71. The molecule has 2 rings (SSSR count). The summed E-state index contributed by atoms with van der Waals surface area (Å²) in [6, 6.07) is 9.67. The Kier molecular flexibility index (Phi) is 4.96. The number of para-hydroxylation sites is 1. The van der Waals surface area contributed by atoms with Gasteiger partial charge in [0.05, 0.1) is 12.7 Å². The summed E-state index contributed by atoms with van der Waals surface area (Å²) in [5.41, 5.74) is 1.03. The van der Waals surface area contributed by atoms with Crippen LogP contribution in [0.3, 0.4) is 0 Å². The molecule has 0 aromatic heterocycles. The molecule has 0 bridgehead atoms. The zero-order chi connectivity index (χ0) is 14.4. The normalized spacial score (nSPS) is 20.6. The Morgan fingerprint density at radius 2 is 2.25 bits per heavy atom. The van der Waals surface area contributed by atoms with Crippen LogP contribution in [0.4, 0.5) is 0 Å². The number of nitriles is 1. The van der Waals surface area contributed by atoms with Crippen molar-refractivity contribution in [3.8, 4) is 11.8 Å². The SMILES string of the molecule is CC1(C)OCC(CNCc2ccccc2OCC#N)O1. The molecule has 1 aliphatic heterocycles. The van der Waals surface area contributed by atoms with Gasteiger partial charge in [-0.2, -0.15) is 5.26 Å². The molecular formula is C15H20N2O3. The summed E-state index contributed by atoms with van der Waals surface area (Å²) in [4.78, 5) is 0. The Morgan fingerprint density at radius 3 is 2.95 bits per heavy atom. The first-order chi connectivity index (χ1) is 9.61. The Balaban J connectivity index is 1.81. The molecule has 0 aliphatic carbocycles. The summed E-state index contributed by atoms with van der Waals surface area (Å²) >= 11 is 0. The van der Waals surface area contributed by atoms with Crippen LogP contribution in [-0.2, 0) is 16.0 Å². The minimum absolute atomic E-state index is 0.0603. The third-order valence-electron chi connectivity index (χ3n) is 3.02. The fraction of sp³-hybridized carbons (Fsp3) is 0.533. The van der Waals surface area contributed by atoms with Gasteiger partial charge in [0.1, 0.15) is 11.8 Å². The van der Waals surface area contributed by atoms with Crippen LogP contribution in [0.2, 0.25) is 0 Å². The number of rotatable bonds is 6. The summed E-state index contributed by atoms with van der Waals surface area (Å²) in [5.74, 6) is 0.255. The molecule has 108 valence electrons. The van der Waals surface area contributed by atoms with E-state index in [1.807, 2.05) is 44.2 Å². The molecule has 1 atom stereocenters. The monoisotopic (exact) mass is 276 g/mol. The van der Waals surface area contributed by atoms with E-state index < -0.39 is 5.79 Å². The molecule has 5 nitrogen and oxygen atoms in total. The molecule has 1 saturated heterocycles. The highest BCUT2D eigenvalue weighted by molar-refractivity contribution is 5.33. The zero-order valence-corrected chi connectivity index (χ0v) is 11.9. The lowest BCUT2D eigenvalue weighted by molar-refractivity contribution is -0.137. The van der Waals surface area contributed by atoms with Gasteiger partial charge < -0.3 is 19.5 Å². The van der Waals surface area contributed by atoms with Gasteiger partial charge in [0.15, 0.2) is 12.4 Å². The minimum Gasteiger partial charge on any atom is -0.478 e. The van der Waals surface area contributed by atoms with Crippen LogP contribution in [0.15, 0.2) is 24.3 Å². The lowest BCUT2D eigenvalue weighted by Crippen LogP contribution is -2.30. The minimum atomic E-state index is -0.486. The van der Waals surface area contributed by atoms with E-state index in [4.69, 9.17) is 19.5 Å². The topological polar surface area (TPSA) is 63.5 Å². The number of nitrogens with one attached hydrogen (secondary N) is 1. The number of nitrogens with zero attached hydrogens (tertiary/aromatic N) is 1. The fourth-order valence-corrected chi connectivity index (χ4v) is 2.13. The van der Waals surface area contributed by atoms with Crippen molar-refractivity contribution in [3.63, 3.8) is 0 Å². The summed E-state index contributed by atoms with van der Waals surface area (Å²) in [6.07, 6.45) is 0.0668. The average Bonchev–Trinajstić information content (AvgIpc) is 2.77. The van der Waals surface area contributed by atoms with Gasteiger partial charge in [-0.1, -0.05) is 18.2 Å². The molecule has 5 heteroatoms. The van der Waals surface area contributed by atoms with Crippen molar-refractivity contribution < 1.29 is 14.2 Å². The van der Waals surface area contributed by atoms with E-state index in [-0.39, 0.29) is 12.7 Å². The van der Waals surface area contributed by atoms with E-state index in [2.05, 4.69) is 5.32 Å². The molecule has 1 N–H and O–H groups in total. The largest absolute Gasteiger partial charge is 0.478 e. The van der Waals surface area contributed by atoms with Crippen molar-refractivity contribution in [1.29, 1.82) is 5.26 Å². The maximum absolute atomic E-state index is 8.57.